The number of sulfonamides is 1. The van der Waals surface area contributed by atoms with E-state index in [9.17, 15) is 13.2 Å². The van der Waals surface area contributed by atoms with Gasteiger partial charge in [0.2, 0.25) is 15.9 Å². The Hall–Kier alpha value is -1.41. The first-order valence-electron chi connectivity index (χ1n) is 7.65. The van der Waals surface area contributed by atoms with Crippen LogP contribution in [0, 0.1) is 0 Å². The van der Waals surface area contributed by atoms with Gasteiger partial charge in [-0.15, -0.1) is 11.8 Å². The molecule has 0 saturated heterocycles. The summed E-state index contributed by atoms with van der Waals surface area (Å²) in [6.07, 6.45) is 1.02. The number of hydrogen-bond donors (Lipinski definition) is 1. The molecular formula is C17H18Cl2N2O3S2. The van der Waals surface area contributed by atoms with E-state index in [2.05, 4.69) is 5.32 Å². The van der Waals surface area contributed by atoms with Crippen LogP contribution in [0.2, 0.25) is 10.0 Å². The smallest absolute Gasteiger partial charge is 0.240 e. The van der Waals surface area contributed by atoms with Crippen LogP contribution in [0.25, 0.3) is 0 Å². The molecule has 0 aliphatic carbocycles. The average Bonchev–Trinajstić information content (AvgIpc) is 2.59. The van der Waals surface area contributed by atoms with Crippen molar-refractivity contribution in [2.75, 3.05) is 29.4 Å². The van der Waals surface area contributed by atoms with E-state index in [-0.39, 0.29) is 22.3 Å². The molecule has 0 saturated carbocycles. The molecule has 2 aromatic carbocycles. The summed E-state index contributed by atoms with van der Waals surface area (Å²) >= 11 is 13.6. The van der Waals surface area contributed by atoms with Crippen molar-refractivity contribution >= 4 is 56.6 Å². The highest BCUT2D eigenvalue weighted by Crippen LogP contribution is 2.33. The Balaban J connectivity index is 1.96. The van der Waals surface area contributed by atoms with E-state index in [1.165, 1.54) is 6.07 Å². The van der Waals surface area contributed by atoms with Gasteiger partial charge < -0.3 is 5.32 Å². The maximum atomic E-state index is 12.2. The lowest BCUT2D eigenvalue weighted by molar-refractivity contribution is -0.119. The maximum Gasteiger partial charge on any atom is 0.240 e. The predicted molar refractivity (Wildman–Crippen MR) is 109 cm³/mol. The third kappa shape index (κ3) is 6.09. The highest BCUT2D eigenvalue weighted by molar-refractivity contribution is 7.99. The van der Waals surface area contributed by atoms with Gasteiger partial charge in [-0.2, -0.15) is 0 Å². The Bertz CT molecular complexity index is 862. The molecular weight excluding hydrogens is 415 g/mol. The number of rotatable bonds is 8. The van der Waals surface area contributed by atoms with Gasteiger partial charge in [-0.3, -0.25) is 9.10 Å². The van der Waals surface area contributed by atoms with Gasteiger partial charge in [0.15, 0.2) is 0 Å². The van der Waals surface area contributed by atoms with Crippen molar-refractivity contribution in [3.8, 4) is 0 Å². The number of hydrogen-bond acceptors (Lipinski definition) is 4. The van der Waals surface area contributed by atoms with Crippen LogP contribution >= 0.6 is 35.0 Å². The van der Waals surface area contributed by atoms with Gasteiger partial charge in [-0.05, 0) is 24.3 Å². The monoisotopic (exact) mass is 432 g/mol. The van der Waals surface area contributed by atoms with E-state index < -0.39 is 15.9 Å². The first-order valence-corrected chi connectivity index (χ1v) is 11.2. The van der Waals surface area contributed by atoms with E-state index in [1.54, 1.807) is 23.9 Å². The number of anilines is 1. The molecule has 0 fully saturated rings. The quantitative estimate of drug-likeness (QED) is 0.510. The van der Waals surface area contributed by atoms with Crippen molar-refractivity contribution in [3.05, 3.63) is 58.6 Å². The van der Waals surface area contributed by atoms with Crippen molar-refractivity contribution in [1.82, 2.24) is 5.32 Å². The van der Waals surface area contributed by atoms with Crippen molar-refractivity contribution in [3.63, 3.8) is 0 Å². The van der Waals surface area contributed by atoms with E-state index >= 15 is 0 Å². The lowest BCUT2D eigenvalue weighted by Gasteiger charge is -2.23. The second kappa shape index (κ2) is 9.50. The molecule has 2 rings (SSSR count). The SMILES string of the molecule is CS(=O)(=O)N(CC(=O)NCCSc1ccccc1)c1cccc(Cl)c1Cl. The summed E-state index contributed by atoms with van der Waals surface area (Å²) in [6.45, 7) is 0.0498. The molecule has 2 aromatic rings. The molecule has 26 heavy (non-hydrogen) atoms. The first kappa shape index (κ1) is 20.9. The minimum Gasteiger partial charge on any atom is -0.354 e. The standard InChI is InChI=1S/C17H18Cl2N2O3S2/c1-26(23,24)21(15-9-5-8-14(18)17(15)19)12-16(22)20-10-11-25-13-6-3-2-4-7-13/h2-9H,10-12H2,1H3,(H,20,22). The van der Waals surface area contributed by atoms with Crippen LogP contribution in [0.4, 0.5) is 5.69 Å². The number of carbonyl (C=O) groups is 1. The van der Waals surface area contributed by atoms with E-state index in [0.29, 0.717) is 12.3 Å². The van der Waals surface area contributed by atoms with Crippen molar-refractivity contribution < 1.29 is 13.2 Å². The number of nitrogens with zero attached hydrogens (tertiary/aromatic N) is 1. The third-order valence-corrected chi connectivity index (χ3v) is 6.27. The van der Waals surface area contributed by atoms with Crippen LogP contribution in [0.1, 0.15) is 0 Å². The summed E-state index contributed by atoms with van der Waals surface area (Å²) in [4.78, 5) is 13.3. The number of halogens is 2. The van der Waals surface area contributed by atoms with Crippen LogP contribution in [-0.2, 0) is 14.8 Å². The van der Waals surface area contributed by atoms with Crippen LogP contribution in [0.5, 0.6) is 0 Å². The summed E-state index contributed by atoms with van der Waals surface area (Å²) in [7, 11) is -3.70. The van der Waals surface area contributed by atoms with Crippen LogP contribution < -0.4 is 9.62 Å². The molecule has 0 aliphatic heterocycles. The van der Waals surface area contributed by atoms with Gasteiger partial charge in [-0.1, -0.05) is 47.5 Å². The predicted octanol–water partition coefficient (Wildman–Crippen LogP) is 3.67. The first-order chi connectivity index (χ1) is 12.3. The third-order valence-electron chi connectivity index (χ3n) is 3.32. The van der Waals surface area contributed by atoms with E-state index in [4.69, 9.17) is 23.2 Å². The Kier molecular flexibility index (Phi) is 7.64. The number of nitrogens with one attached hydrogen (secondary N) is 1. The largest absolute Gasteiger partial charge is 0.354 e. The molecule has 0 atom stereocenters. The molecule has 140 valence electrons. The molecule has 0 unspecified atom stereocenters. The normalized spacial score (nSPS) is 11.2. The van der Waals surface area contributed by atoms with Gasteiger partial charge >= 0.3 is 0 Å². The second-order valence-corrected chi connectivity index (χ2v) is 9.21. The minimum absolute atomic E-state index is 0.0898. The number of benzene rings is 2. The number of amides is 1. The fourth-order valence-electron chi connectivity index (χ4n) is 2.13. The second-order valence-electron chi connectivity index (χ2n) is 5.35. The molecule has 0 bridgehead atoms. The molecule has 0 radical (unpaired) electrons. The van der Waals surface area contributed by atoms with E-state index in [0.717, 1.165) is 15.5 Å². The Morgan fingerprint density at radius 2 is 1.81 bits per heavy atom. The zero-order valence-corrected chi connectivity index (χ0v) is 17.1. The fourth-order valence-corrected chi connectivity index (χ4v) is 4.23. The highest BCUT2D eigenvalue weighted by Gasteiger charge is 2.23. The fraction of sp³-hybridized carbons (Fsp3) is 0.235. The van der Waals surface area contributed by atoms with Crippen LogP contribution in [0.15, 0.2) is 53.4 Å². The summed E-state index contributed by atoms with van der Waals surface area (Å²) < 4.78 is 25.1. The van der Waals surface area contributed by atoms with Crippen LogP contribution in [0.3, 0.4) is 0 Å². The highest BCUT2D eigenvalue weighted by atomic mass is 35.5. The van der Waals surface area contributed by atoms with Gasteiger partial charge in [0.25, 0.3) is 0 Å². The van der Waals surface area contributed by atoms with Gasteiger partial charge in [0.1, 0.15) is 6.54 Å². The molecule has 0 aliphatic rings. The summed E-state index contributed by atoms with van der Waals surface area (Å²) in [6, 6.07) is 14.4. The van der Waals surface area contributed by atoms with Gasteiger partial charge in [0.05, 0.1) is 22.0 Å². The van der Waals surface area contributed by atoms with Crippen LogP contribution in [-0.4, -0.2) is 39.4 Å². The van der Waals surface area contributed by atoms with Crippen molar-refractivity contribution in [2.24, 2.45) is 0 Å². The van der Waals surface area contributed by atoms with Crippen molar-refractivity contribution in [1.29, 1.82) is 0 Å². The lowest BCUT2D eigenvalue weighted by atomic mass is 10.3. The molecule has 1 N–H and O–H groups in total. The zero-order chi connectivity index (χ0) is 19.2. The van der Waals surface area contributed by atoms with Crippen molar-refractivity contribution in [2.45, 2.75) is 4.90 Å². The Morgan fingerprint density at radius 1 is 1.12 bits per heavy atom. The summed E-state index contributed by atoms with van der Waals surface area (Å²) in [5.74, 6) is 0.257. The molecule has 0 aromatic heterocycles. The Labute approximate surface area is 167 Å². The summed E-state index contributed by atoms with van der Waals surface area (Å²) in [5.41, 5.74) is 0.176. The topological polar surface area (TPSA) is 66.5 Å². The average molecular weight is 433 g/mol. The lowest BCUT2D eigenvalue weighted by Crippen LogP contribution is -2.41. The molecule has 9 heteroatoms. The number of carbonyl (C=O) groups excluding carboxylic acids is 1. The van der Waals surface area contributed by atoms with E-state index in [1.807, 2.05) is 30.3 Å². The zero-order valence-electron chi connectivity index (χ0n) is 14.0. The molecule has 0 spiro atoms. The van der Waals surface area contributed by atoms with Gasteiger partial charge in [0, 0.05) is 17.2 Å². The maximum absolute atomic E-state index is 12.2. The molecule has 1 amide bonds. The molecule has 0 heterocycles. The van der Waals surface area contributed by atoms with Gasteiger partial charge in [-0.25, -0.2) is 8.42 Å². The molecule has 5 nitrogen and oxygen atoms in total. The minimum atomic E-state index is -3.70. The summed E-state index contributed by atoms with van der Waals surface area (Å²) in [5, 5.41) is 3.03. The number of thioether (sulfide) groups is 1. The Morgan fingerprint density at radius 3 is 2.46 bits per heavy atom.